The van der Waals surface area contributed by atoms with Gasteiger partial charge in [0.2, 0.25) is 5.43 Å². The number of aryl methyl sites for hydroxylation is 1. The Morgan fingerprint density at radius 1 is 1.29 bits per heavy atom. The number of hydrogen-bond acceptors (Lipinski definition) is 3. The van der Waals surface area contributed by atoms with Gasteiger partial charge in [0, 0.05) is 31.7 Å². The van der Waals surface area contributed by atoms with Gasteiger partial charge in [-0.2, -0.15) is 0 Å². The molecule has 0 saturated carbocycles. The van der Waals surface area contributed by atoms with Crippen molar-refractivity contribution in [3.63, 3.8) is 0 Å². The molecule has 110 valence electrons. The first kappa shape index (κ1) is 13.6. The lowest BCUT2D eigenvalue weighted by atomic mass is 10.1. The van der Waals surface area contributed by atoms with E-state index in [1.807, 2.05) is 4.90 Å². The third kappa shape index (κ3) is 2.16. The topological polar surface area (TPSA) is 62.5 Å². The van der Waals surface area contributed by atoms with Gasteiger partial charge in [-0.3, -0.25) is 4.79 Å². The summed E-state index contributed by atoms with van der Waals surface area (Å²) in [4.78, 5) is 25.1. The van der Waals surface area contributed by atoms with E-state index in [0.717, 1.165) is 32.0 Å². The number of nitrogens with zero attached hydrogens (tertiary/aromatic N) is 2. The van der Waals surface area contributed by atoms with Crippen molar-refractivity contribution in [1.82, 2.24) is 4.57 Å². The van der Waals surface area contributed by atoms with Crippen LogP contribution in [0.1, 0.15) is 23.2 Å². The lowest BCUT2D eigenvalue weighted by Gasteiger charge is -2.19. The Morgan fingerprint density at radius 2 is 1.95 bits per heavy atom. The molecule has 2 heterocycles. The van der Waals surface area contributed by atoms with E-state index in [4.69, 9.17) is 5.11 Å². The zero-order valence-electron chi connectivity index (χ0n) is 11.6. The lowest BCUT2D eigenvalue weighted by molar-refractivity contribution is 0.0695. The first-order valence-electron chi connectivity index (χ1n) is 6.80. The number of aromatic carboxylic acids is 1. The van der Waals surface area contributed by atoms with E-state index in [-0.39, 0.29) is 10.9 Å². The molecule has 5 nitrogen and oxygen atoms in total. The molecule has 1 aliphatic rings. The highest BCUT2D eigenvalue weighted by molar-refractivity contribution is 5.93. The summed E-state index contributed by atoms with van der Waals surface area (Å²) in [5.41, 5.74) is 0.00664. The number of pyridine rings is 1. The molecule has 0 atom stereocenters. The molecule has 6 heteroatoms. The number of hydrogen-bond donors (Lipinski definition) is 1. The third-order valence-electron chi connectivity index (χ3n) is 3.93. The minimum atomic E-state index is -1.30. The summed E-state index contributed by atoms with van der Waals surface area (Å²) in [6.45, 7) is 1.59. The normalized spacial score (nSPS) is 14.9. The third-order valence-corrected chi connectivity index (χ3v) is 3.93. The predicted octanol–water partition coefficient (Wildman–Crippen LogP) is 1.98. The van der Waals surface area contributed by atoms with Gasteiger partial charge in [-0.05, 0) is 25.0 Å². The fourth-order valence-corrected chi connectivity index (χ4v) is 2.84. The monoisotopic (exact) mass is 290 g/mol. The smallest absolute Gasteiger partial charge is 0.341 e. The van der Waals surface area contributed by atoms with E-state index in [9.17, 15) is 14.0 Å². The summed E-state index contributed by atoms with van der Waals surface area (Å²) >= 11 is 0. The zero-order valence-corrected chi connectivity index (χ0v) is 11.6. The second-order valence-corrected chi connectivity index (χ2v) is 5.30. The molecule has 3 rings (SSSR count). The van der Waals surface area contributed by atoms with Gasteiger partial charge in [0.15, 0.2) is 0 Å². The second-order valence-electron chi connectivity index (χ2n) is 5.30. The Balaban J connectivity index is 2.28. The first-order chi connectivity index (χ1) is 9.99. The average Bonchev–Trinajstić information content (AvgIpc) is 2.96. The summed E-state index contributed by atoms with van der Waals surface area (Å²) in [6, 6.07) is 2.78. The van der Waals surface area contributed by atoms with Crippen LogP contribution in [0.3, 0.4) is 0 Å². The van der Waals surface area contributed by atoms with Crippen molar-refractivity contribution < 1.29 is 14.3 Å². The molecule has 1 saturated heterocycles. The van der Waals surface area contributed by atoms with Crippen LogP contribution in [0, 0.1) is 5.82 Å². The molecule has 0 unspecified atom stereocenters. The lowest BCUT2D eigenvalue weighted by Crippen LogP contribution is -2.21. The molecule has 1 aromatic heterocycles. The number of halogens is 1. The molecule has 0 bridgehead atoms. The van der Waals surface area contributed by atoms with Crippen LogP contribution in [0.4, 0.5) is 10.1 Å². The van der Waals surface area contributed by atoms with Crippen molar-refractivity contribution in [1.29, 1.82) is 0 Å². The Kier molecular flexibility index (Phi) is 3.16. The standard InChI is InChI=1S/C15H15FN2O3/c1-17-8-10(15(20)21)14(19)9-6-11(16)13(7-12(9)17)18-4-2-3-5-18/h6-8H,2-5H2,1H3,(H,20,21). The summed E-state index contributed by atoms with van der Waals surface area (Å²) in [6.07, 6.45) is 3.32. The molecule has 1 aliphatic heterocycles. The number of anilines is 1. The summed E-state index contributed by atoms with van der Waals surface area (Å²) in [7, 11) is 1.65. The van der Waals surface area contributed by atoms with E-state index in [0.29, 0.717) is 11.2 Å². The van der Waals surface area contributed by atoms with Crippen LogP contribution >= 0.6 is 0 Å². The fraction of sp³-hybridized carbons (Fsp3) is 0.333. The number of benzene rings is 1. The van der Waals surface area contributed by atoms with Gasteiger partial charge < -0.3 is 14.6 Å². The summed E-state index contributed by atoms with van der Waals surface area (Å²) < 4.78 is 15.8. The van der Waals surface area contributed by atoms with Gasteiger partial charge >= 0.3 is 5.97 Å². The number of fused-ring (bicyclic) bond motifs is 1. The largest absolute Gasteiger partial charge is 0.477 e. The second kappa shape index (κ2) is 4.87. The van der Waals surface area contributed by atoms with Crippen LogP contribution in [0.15, 0.2) is 23.1 Å². The molecular weight excluding hydrogens is 275 g/mol. The van der Waals surface area contributed by atoms with E-state index in [1.54, 1.807) is 17.7 Å². The SMILES string of the molecule is Cn1cc(C(=O)O)c(=O)c2cc(F)c(N3CCCC3)cc21. The zero-order chi connectivity index (χ0) is 15.1. The highest BCUT2D eigenvalue weighted by atomic mass is 19.1. The van der Waals surface area contributed by atoms with Crippen molar-refractivity contribution in [2.45, 2.75) is 12.8 Å². The van der Waals surface area contributed by atoms with E-state index >= 15 is 0 Å². The van der Waals surface area contributed by atoms with Gasteiger partial charge in [-0.25, -0.2) is 9.18 Å². The minimum absolute atomic E-state index is 0.0952. The van der Waals surface area contributed by atoms with Crippen molar-refractivity contribution in [3.05, 3.63) is 39.9 Å². The minimum Gasteiger partial charge on any atom is -0.477 e. The predicted molar refractivity (Wildman–Crippen MR) is 77.6 cm³/mol. The number of carboxylic acid groups (broad SMARTS) is 1. The number of rotatable bonds is 2. The van der Waals surface area contributed by atoms with E-state index in [1.165, 1.54) is 6.20 Å². The Bertz CT molecular complexity index is 792. The molecule has 0 amide bonds. The van der Waals surface area contributed by atoms with Crippen LogP contribution in [0.25, 0.3) is 10.9 Å². The number of aromatic nitrogens is 1. The maximum atomic E-state index is 14.3. The van der Waals surface area contributed by atoms with Gasteiger partial charge in [0.05, 0.1) is 11.2 Å². The molecule has 0 radical (unpaired) electrons. The van der Waals surface area contributed by atoms with Gasteiger partial charge in [-0.1, -0.05) is 0 Å². The van der Waals surface area contributed by atoms with Crippen LogP contribution in [-0.2, 0) is 7.05 Å². The molecule has 21 heavy (non-hydrogen) atoms. The van der Waals surface area contributed by atoms with Crippen molar-refractivity contribution in [2.75, 3.05) is 18.0 Å². The van der Waals surface area contributed by atoms with Crippen molar-refractivity contribution in [2.24, 2.45) is 7.05 Å². The van der Waals surface area contributed by atoms with E-state index < -0.39 is 17.2 Å². The van der Waals surface area contributed by atoms with Crippen LogP contribution in [0.2, 0.25) is 0 Å². The maximum absolute atomic E-state index is 14.3. The summed E-state index contributed by atoms with van der Waals surface area (Å²) in [5.74, 6) is -1.79. The number of carboxylic acids is 1. The highest BCUT2D eigenvalue weighted by Crippen LogP contribution is 2.27. The fourth-order valence-electron chi connectivity index (χ4n) is 2.84. The van der Waals surface area contributed by atoms with Crippen LogP contribution < -0.4 is 10.3 Å². The molecule has 2 aromatic rings. The van der Waals surface area contributed by atoms with Crippen molar-refractivity contribution in [3.8, 4) is 0 Å². The molecule has 1 aromatic carbocycles. The number of carbonyl (C=O) groups is 1. The van der Waals surface area contributed by atoms with Gasteiger partial charge in [-0.15, -0.1) is 0 Å². The van der Waals surface area contributed by atoms with Gasteiger partial charge in [0.25, 0.3) is 0 Å². The van der Waals surface area contributed by atoms with Crippen LogP contribution in [-0.4, -0.2) is 28.7 Å². The molecular formula is C15H15FN2O3. The Labute approximate surface area is 120 Å². The molecule has 1 fully saturated rings. The van der Waals surface area contributed by atoms with E-state index in [2.05, 4.69) is 0 Å². The van der Waals surface area contributed by atoms with Crippen molar-refractivity contribution >= 4 is 22.6 Å². The Hall–Kier alpha value is -2.37. The molecule has 0 aliphatic carbocycles. The Morgan fingerprint density at radius 3 is 2.57 bits per heavy atom. The van der Waals surface area contributed by atoms with Gasteiger partial charge in [0.1, 0.15) is 11.4 Å². The highest BCUT2D eigenvalue weighted by Gasteiger charge is 2.20. The summed E-state index contributed by atoms with van der Waals surface area (Å²) in [5, 5.41) is 9.13. The molecule has 1 N–H and O–H groups in total. The quantitative estimate of drug-likeness (QED) is 0.918. The first-order valence-corrected chi connectivity index (χ1v) is 6.80. The molecule has 0 spiro atoms. The maximum Gasteiger partial charge on any atom is 0.341 e. The van der Waals surface area contributed by atoms with Crippen LogP contribution in [0.5, 0.6) is 0 Å². The average molecular weight is 290 g/mol.